The molecular formula is C14H16Cl2N2O2. The molecule has 0 aliphatic carbocycles. The van der Waals surface area contributed by atoms with E-state index in [0.717, 1.165) is 35.1 Å². The van der Waals surface area contributed by atoms with Crippen molar-refractivity contribution >= 4 is 41.7 Å². The first-order chi connectivity index (χ1) is 8.81. The normalized spacial score (nSPS) is 12.8. The first-order valence-electron chi connectivity index (χ1n) is 6.01. The van der Waals surface area contributed by atoms with Crippen LogP contribution in [0.1, 0.15) is 21.6 Å². The van der Waals surface area contributed by atoms with Crippen LogP contribution in [0.2, 0.25) is 0 Å². The molecule has 2 heterocycles. The summed E-state index contributed by atoms with van der Waals surface area (Å²) in [6, 6.07) is 7.70. The predicted molar refractivity (Wildman–Crippen MR) is 83.0 cm³/mol. The van der Waals surface area contributed by atoms with Gasteiger partial charge in [0.15, 0.2) is 0 Å². The second-order valence-electron chi connectivity index (χ2n) is 4.35. The van der Waals surface area contributed by atoms with Gasteiger partial charge in [-0.25, -0.2) is 4.79 Å². The van der Waals surface area contributed by atoms with Crippen LogP contribution in [0.15, 0.2) is 24.3 Å². The van der Waals surface area contributed by atoms with Gasteiger partial charge >= 0.3 is 5.97 Å². The van der Waals surface area contributed by atoms with Gasteiger partial charge in [-0.15, -0.1) is 24.8 Å². The van der Waals surface area contributed by atoms with E-state index in [1.807, 2.05) is 24.3 Å². The van der Waals surface area contributed by atoms with Crippen LogP contribution in [0.3, 0.4) is 0 Å². The Morgan fingerprint density at radius 2 is 2.05 bits per heavy atom. The molecule has 0 atom stereocenters. The molecule has 1 N–H and O–H groups in total. The van der Waals surface area contributed by atoms with Gasteiger partial charge in [-0.3, -0.25) is 4.98 Å². The van der Waals surface area contributed by atoms with E-state index in [-0.39, 0.29) is 30.8 Å². The van der Waals surface area contributed by atoms with E-state index in [1.165, 1.54) is 7.11 Å². The van der Waals surface area contributed by atoms with Crippen molar-refractivity contribution in [2.75, 3.05) is 13.7 Å². The molecule has 0 saturated carbocycles. The molecule has 0 unspecified atom stereocenters. The zero-order valence-corrected chi connectivity index (χ0v) is 12.6. The second kappa shape index (κ2) is 6.88. The van der Waals surface area contributed by atoms with E-state index in [4.69, 9.17) is 4.74 Å². The minimum atomic E-state index is -0.284. The van der Waals surface area contributed by atoms with E-state index in [9.17, 15) is 4.79 Å². The number of methoxy groups -OCH3 is 1. The molecule has 108 valence electrons. The van der Waals surface area contributed by atoms with E-state index >= 15 is 0 Å². The molecule has 3 rings (SSSR count). The first-order valence-corrected chi connectivity index (χ1v) is 6.01. The average Bonchev–Trinajstić information content (AvgIpc) is 2.44. The van der Waals surface area contributed by atoms with Crippen molar-refractivity contribution in [1.82, 2.24) is 10.3 Å². The Morgan fingerprint density at radius 3 is 2.80 bits per heavy atom. The van der Waals surface area contributed by atoms with Crippen LogP contribution >= 0.6 is 24.8 Å². The maximum atomic E-state index is 12.0. The lowest BCUT2D eigenvalue weighted by Gasteiger charge is -2.20. The van der Waals surface area contributed by atoms with Crippen LogP contribution in [-0.4, -0.2) is 24.6 Å². The Labute approximate surface area is 129 Å². The Hall–Kier alpha value is -1.36. The SMILES string of the molecule is COC(=O)c1c2c(nc3ccccc13)CCNC2.Cl.Cl. The number of nitrogens with zero attached hydrogens (tertiary/aromatic N) is 1. The van der Waals surface area contributed by atoms with Crippen LogP contribution in [0, 0.1) is 0 Å². The fourth-order valence-corrected chi connectivity index (χ4v) is 2.45. The highest BCUT2D eigenvalue weighted by atomic mass is 35.5. The first kappa shape index (κ1) is 16.7. The van der Waals surface area contributed by atoms with Gasteiger partial charge < -0.3 is 10.1 Å². The Kier molecular flexibility index (Phi) is 5.74. The number of fused-ring (bicyclic) bond motifs is 2. The van der Waals surface area contributed by atoms with Gasteiger partial charge in [0.25, 0.3) is 0 Å². The largest absolute Gasteiger partial charge is 0.465 e. The van der Waals surface area contributed by atoms with Crippen molar-refractivity contribution in [1.29, 1.82) is 0 Å². The molecule has 1 aliphatic heterocycles. The second-order valence-corrected chi connectivity index (χ2v) is 4.35. The van der Waals surface area contributed by atoms with Crippen LogP contribution in [-0.2, 0) is 17.7 Å². The molecule has 6 heteroatoms. The number of benzene rings is 1. The number of ether oxygens (including phenoxy) is 1. The average molecular weight is 315 g/mol. The smallest absolute Gasteiger partial charge is 0.338 e. The fourth-order valence-electron chi connectivity index (χ4n) is 2.45. The van der Waals surface area contributed by atoms with Gasteiger partial charge in [0, 0.05) is 36.2 Å². The zero-order valence-electron chi connectivity index (χ0n) is 11.0. The van der Waals surface area contributed by atoms with Gasteiger partial charge in [0.1, 0.15) is 0 Å². The van der Waals surface area contributed by atoms with Crippen LogP contribution in [0.4, 0.5) is 0 Å². The summed E-state index contributed by atoms with van der Waals surface area (Å²) < 4.78 is 4.92. The molecule has 2 aromatic rings. The highest BCUT2D eigenvalue weighted by Crippen LogP contribution is 2.26. The van der Waals surface area contributed by atoms with Crippen LogP contribution in [0.25, 0.3) is 10.9 Å². The molecule has 0 radical (unpaired) electrons. The van der Waals surface area contributed by atoms with E-state index < -0.39 is 0 Å². The number of carbonyl (C=O) groups excluding carboxylic acids is 1. The number of hydrogen-bond donors (Lipinski definition) is 1. The van der Waals surface area contributed by atoms with Crippen molar-refractivity contribution < 1.29 is 9.53 Å². The van der Waals surface area contributed by atoms with Gasteiger partial charge in [-0.1, -0.05) is 18.2 Å². The molecule has 1 aromatic heterocycles. The highest BCUT2D eigenvalue weighted by Gasteiger charge is 2.22. The molecule has 20 heavy (non-hydrogen) atoms. The minimum Gasteiger partial charge on any atom is -0.465 e. The summed E-state index contributed by atoms with van der Waals surface area (Å²) in [5.41, 5.74) is 3.50. The molecule has 0 spiro atoms. The van der Waals surface area contributed by atoms with Crippen molar-refractivity contribution in [2.45, 2.75) is 13.0 Å². The number of para-hydroxylation sites is 1. The summed E-state index contributed by atoms with van der Waals surface area (Å²) >= 11 is 0. The van der Waals surface area contributed by atoms with E-state index in [1.54, 1.807) is 0 Å². The van der Waals surface area contributed by atoms with Gasteiger partial charge in [-0.05, 0) is 6.07 Å². The molecule has 4 nitrogen and oxygen atoms in total. The third kappa shape index (κ3) is 2.73. The predicted octanol–water partition coefficient (Wildman–Crippen LogP) is 2.51. The lowest BCUT2D eigenvalue weighted by Crippen LogP contribution is -2.27. The number of carbonyl (C=O) groups is 1. The summed E-state index contributed by atoms with van der Waals surface area (Å²) in [7, 11) is 1.42. The van der Waals surface area contributed by atoms with E-state index in [0.29, 0.717) is 12.1 Å². The highest BCUT2D eigenvalue weighted by molar-refractivity contribution is 6.05. The lowest BCUT2D eigenvalue weighted by atomic mass is 9.97. The summed E-state index contributed by atoms with van der Waals surface area (Å²) in [6.07, 6.45) is 0.851. The van der Waals surface area contributed by atoms with Crippen molar-refractivity contribution in [3.8, 4) is 0 Å². The monoisotopic (exact) mass is 314 g/mol. The van der Waals surface area contributed by atoms with Crippen molar-refractivity contribution in [2.24, 2.45) is 0 Å². The van der Waals surface area contributed by atoms with Gasteiger partial charge in [-0.2, -0.15) is 0 Å². The summed E-state index contributed by atoms with van der Waals surface area (Å²) in [5, 5.41) is 4.14. The zero-order chi connectivity index (χ0) is 12.5. The molecule has 0 bridgehead atoms. The lowest BCUT2D eigenvalue weighted by molar-refractivity contribution is 0.0601. The molecule has 0 fully saturated rings. The standard InChI is InChI=1S/C14H14N2O2.2ClH/c1-18-14(17)13-9-4-2-3-5-11(9)16-12-6-7-15-8-10(12)13;;/h2-5,15H,6-8H2,1H3;2*1H. The molecule has 0 amide bonds. The number of hydrogen-bond acceptors (Lipinski definition) is 4. The van der Waals surface area contributed by atoms with Crippen molar-refractivity contribution in [3.63, 3.8) is 0 Å². The number of esters is 1. The molecule has 0 saturated heterocycles. The Balaban J connectivity index is 0.000001000. The number of rotatable bonds is 1. The third-order valence-corrected chi connectivity index (χ3v) is 3.31. The number of halogens is 2. The Morgan fingerprint density at radius 1 is 1.30 bits per heavy atom. The van der Waals surface area contributed by atoms with Crippen LogP contribution < -0.4 is 5.32 Å². The summed E-state index contributed by atoms with van der Waals surface area (Å²) in [4.78, 5) is 16.7. The Bertz CT molecular complexity index is 632. The number of pyridine rings is 1. The maximum absolute atomic E-state index is 12.0. The van der Waals surface area contributed by atoms with E-state index in [2.05, 4.69) is 10.3 Å². The summed E-state index contributed by atoms with van der Waals surface area (Å²) in [5.74, 6) is -0.284. The molecule has 1 aliphatic rings. The molecular weight excluding hydrogens is 299 g/mol. The maximum Gasteiger partial charge on any atom is 0.338 e. The topological polar surface area (TPSA) is 51.2 Å². The third-order valence-electron chi connectivity index (χ3n) is 3.31. The van der Waals surface area contributed by atoms with Gasteiger partial charge in [0.05, 0.1) is 18.2 Å². The van der Waals surface area contributed by atoms with Gasteiger partial charge in [0.2, 0.25) is 0 Å². The van der Waals surface area contributed by atoms with Crippen LogP contribution in [0.5, 0.6) is 0 Å². The minimum absolute atomic E-state index is 0. The van der Waals surface area contributed by atoms with Crippen molar-refractivity contribution in [3.05, 3.63) is 41.1 Å². The fraction of sp³-hybridized carbons (Fsp3) is 0.286. The number of aromatic nitrogens is 1. The summed E-state index contributed by atoms with van der Waals surface area (Å²) in [6.45, 7) is 1.58. The number of nitrogens with one attached hydrogen (secondary N) is 1. The quantitative estimate of drug-likeness (QED) is 0.822. The molecule has 1 aromatic carbocycles.